The molecule has 1 N–H and O–H groups in total. The van der Waals surface area contributed by atoms with Crippen molar-refractivity contribution in [3.63, 3.8) is 0 Å². The minimum atomic E-state index is 0.516. The second-order valence-corrected chi connectivity index (χ2v) is 5.71. The predicted molar refractivity (Wildman–Crippen MR) is 76.7 cm³/mol. The third kappa shape index (κ3) is 3.50. The third-order valence-corrected chi connectivity index (χ3v) is 3.96. The summed E-state index contributed by atoms with van der Waals surface area (Å²) in [5.41, 5.74) is 1.41. The number of nitrogens with zero attached hydrogens (tertiary/aromatic N) is 1. The number of thioether (sulfide) groups is 1. The zero-order chi connectivity index (χ0) is 12.1. The number of amidine groups is 1. The zero-order valence-electron chi connectivity index (χ0n) is 10.5. The molecule has 1 aliphatic heterocycles. The van der Waals surface area contributed by atoms with Crippen LogP contribution in [-0.4, -0.2) is 23.5 Å². The van der Waals surface area contributed by atoms with Crippen molar-refractivity contribution in [1.29, 1.82) is 0 Å². The quantitative estimate of drug-likeness (QED) is 0.889. The molecular formula is C14H20N2S. The Morgan fingerprint density at radius 1 is 1.35 bits per heavy atom. The molecule has 1 aromatic carbocycles. The van der Waals surface area contributed by atoms with Gasteiger partial charge in [-0.2, -0.15) is 0 Å². The van der Waals surface area contributed by atoms with E-state index in [1.54, 1.807) is 11.8 Å². The van der Waals surface area contributed by atoms with E-state index in [9.17, 15) is 0 Å². The highest BCUT2D eigenvalue weighted by Gasteiger charge is 2.22. The largest absolute Gasteiger partial charge is 0.362 e. The van der Waals surface area contributed by atoms with Gasteiger partial charge in [-0.05, 0) is 24.7 Å². The number of nitrogens with one attached hydrogen (secondary N) is 1. The van der Waals surface area contributed by atoms with Gasteiger partial charge in [-0.15, -0.1) is 0 Å². The summed E-state index contributed by atoms with van der Waals surface area (Å²) in [4.78, 5) is 4.62. The highest BCUT2D eigenvalue weighted by Crippen LogP contribution is 2.18. The van der Waals surface area contributed by atoms with E-state index in [1.165, 1.54) is 5.56 Å². The average Bonchev–Trinajstić information content (AvgIpc) is 2.34. The maximum absolute atomic E-state index is 4.62. The van der Waals surface area contributed by atoms with Crippen LogP contribution in [0.2, 0.25) is 0 Å². The van der Waals surface area contributed by atoms with Crippen molar-refractivity contribution < 1.29 is 0 Å². The summed E-state index contributed by atoms with van der Waals surface area (Å²) < 4.78 is 0. The molecule has 17 heavy (non-hydrogen) atoms. The molecule has 0 aliphatic carbocycles. The van der Waals surface area contributed by atoms with E-state index in [1.807, 2.05) is 0 Å². The van der Waals surface area contributed by atoms with Crippen molar-refractivity contribution in [3.05, 3.63) is 35.9 Å². The fourth-order valence-electron chi connectivity index (χ4n) is 2.10. The Bertz CT molecular complexity index is 375. The first-order valence-electron chi connectivity index (χ1n) is 6.27. The Kier molecular flexibility index (Phi) is 4.49. The minimum Gasteiger partial charge on any atom is -0.362 e. The molecule has 0 bridgehead atoms. The SMILES string of the molecule is CCSC1=NCC(Cc2ccccc2)C(C)N1. The molecule has 0 saturated carbocycles. The molecule has 1 heterocycles. The lowest BCUT2D eigenvalue weighted by Gasteiger charge is -2.29. The van der Waals surface area contributed by atoms with E-state index < -0.39 is 0 Å². The van der Waals surface area contributed by atoms with Crippen LogP contribution in [0.1, 0.15) is 19.4 Å². The molecule has 0 radical (unpaired) electrons. The molecule has 0 aromatic heterocycles. The van der Waals surface area contributed by atoms with Crippen molar-refractivity contribution in [1.82, 2.24) is 5.32 Å². The van der Waals surface area contributed by atoms with Crippen LogP contribution in [-0.2, 0) is 6.42 Å². The number of benzene rings is 1. The highest BCUT2D eigenvalue weighted by molar-refractivity contribution is 8.13. The molecule has 3 heteroatoms. The Morgan fingerprint density at radius 3 is 2.76 bits per heavy atom. The molecule has 2 nitrogen and oxygen atoms in total. The van der Waals surface area contributed by atoms with Crippen LogP contribution in [0.25, 0.3) is 0 Å². The van der Waals surface area contributed by atoms with E-state index in [2.05, 4.69) is 54.5 Å². The van der Waals surface area contributed by atoms with Crippen molar-refractivity contribution in [2.24, 2.45) is 10.9 Å². The van der Waals surface area contributed by atoms with Crippen molar-refractivity contribution in [2.75, 3.05) is 12.3 Å². The molecular weight excluding hydrogens is 228 g/mol. The molecule has 0 amide bonds. The molecule has 0 fully saturated rings. The van der Waals surface area contributed by atoms with Gasteiger partial charge in [0.2, 0.25) is 0 Å². The van der Waals surface area contributed by atoms with Gasteiger partial charge in [-0.1, -0.05) is 49.0 Å². The molecule has 2 unspecified atom stereocenters. The summed E-state index contributed by atoms with van der Waals surface area (Å²) >= 11 is 1.80. The second-order valence-electron chi connectivity index (χ2n) is 4.46. The van der Waals surface area contributed by atoms with Crippen molar-refractivity contribution in [2.45, 2.75) is 26.3 Å². The Balaban J connectivity index is 1.95. The maximum atomic E-state index is 4.62. The Morgan fingerprint density at radius 2 is 2.12 bits per heavy atom. The summed E-state index contributed by atoms with van der Waals surface area (Å²) in [5.74, 6) is 1.70. The molecule has 0 spiro atoms. The van der Waals surface area contributed by atoms with Gasteiger partial charge in [-0.25, -0.2) is 0 Å². The number of rotatable bonds is 3. The number of hydrogen-bond acceptors (Lipinski definition) is 3. The topological polar surface area (TPSA) is 24.4 Å². The van der Waals surface area contributed by atoms with Crippen LogP contribution < -0.4 is 5.32 Å². The van der Waals surface area contributed by atoms with Crippen molar-refractivity contribution >= 4 is 16.9 Å². The van der Waals surface area contributed by atoms with Crippen LogP contribution in [0.5, 0.6) is 0 Å². The predicted octanol–water partition coefficient (Wildman–Crippen LogP) is 2.95. The van der Waals surface area contributed by atoms with Gasteiger partial charge in [0.15, 0.2) is 5.17 Å². The van der Waals surface area contributed by atoms with Gasteiger partial charge in [-0.3, -0.25) is 4.99 Å². The van der Waals surface area contributed by atoms with E-state index in [-0.39, 0.29) is 0 Å². The monoisotopic (exact) mass is 248 g/mol. The van der Waals surface area contributed by atoms with Gasteiger partial charge in [0.25, 0.3) is 0 Å². The van der Waals surface area contributed by atoms with E-state index >= 15 is 0 Å². The van der Waals surface area contributed by atoms with E-state index in [0.717, 1.165) is 23.9 Å². The zero-order valence-corrected chi connectivity index (χ0v) is 11.3. The first-order valence-corrected chi connectivity index (χ1v) is 7.26. The summed E-state index contributed by atoms with van der Waals surface area (Å²) in [5, 5.41) is 4.62. The van der Waals surface area contributed by atoms with Gasteiger partial charge >= 0.3 is 0 Å². The second kappa shape index (κ2) is 6.10. The molecule has 0 saturated heterocycles. The third-order valence-electron chi connectivity index (χ3n) is 3.15. The van der Waals surface area contributed by atoms with Gasteiger partial charge in [0, 0.05) is 18.5 Å². The van der Waals surface area contributed by atoms with Crippen LogP contribution in [0, 0.1) is 5.92 Å². The fraction of sp³-hybridized carbons (Fsp3) is 0.500. The van der Waals surface area contributed by atoms with Gasteiger partial charge in [0.05, 0.1) is 0 Å². The molecule has 1 aliphatic rings. The summed E-state index contributed by atoms with van der Waals surface area (Å²) in [6.45, 7) is 5.37. The van der Waals surface area contributed by atoms with Crippen LogP contribution in [0.3, 0.4) is 0 Å². The number of hydrogen-bond donors (Lipinski definition) is 1. The van der Waals surface area contributed by atoms with Crippen LogP contribution in [0.4, 0.5) is 0 Å². The summed E-state index contributed by atoms with van der Waals surface area (Å²) in [6.07, 6.45) is 1.11. The lowest BCUT2D eigenvalue weighted by molar-refractivity contribution is 0.407. The molecule has 92 valence electrons. The lowest BCUT2D eigenvalue weighted by atomic mass is 9.92. The molecule has 2 rings (SSSR count). The lowest BCUT2D eigenvalue weighted by Crippen LogP contribution is -2.43. The first kappa shape index (κ1) is 12.5. The summed E-state index contributed by atoms with van der Waals surface area (Å²) in [7, 11) is 0. The normalized spacial score (nSPS) is 24.0. The van der Waals surface area contributed by atoms with Gasteiger partial charge < -0.3 is 5.32 Å². The van der Waals surface area contributed by atoms with Crippen LogP contribution >= 0.6 is 11.8 Å². The first-order chi connectivity index (χ1) is 8.29. The maximum Gasteiger partial charge on any atom is 0.156 e. The Hall–Kier alpha value is -0.960. The van der Waals surface area contributed by atoms with E-state index in [4.69, 9.17) is 0 Å². The van der Waals surface area contributed by atoms with E-state index in [0.29, 0.717) is 12.0 Å². The number of aliphatic imine (C=N–C) groups is 1. The van der Waals surface area contributed by atoms with Crippen molar-refractivity contribution in [3.8, 4) is 0 Å². The van der Waals surface area contributed by atoms with Gasteiger partial charge in [0.1, 0.15) is 0 Å². The molecule has 1 aromatic rings. The highest BCUT2D eigenvalue weighted by atomic mass is 32.2. The minimum absolute atomic E-state index is 0.516. The molecule has 2 atom stereocenters. The summed E-state index contributed by atoms with van der Waals surface area (Å²) in [6, 6.07) is 11.2. The Labute approximate surface area is 108 Å². The average molecular weight is 248 g/mol. The van der Waals surface area contributed by atoms with Crippen LogP contribution in [0.15, 0.2) is 35.3 Å². The standard InChI is InChI=1S/C14H20N2S/c1-3-17-14-15-10-13(11(2)16-14)9-12-7-5-4-6-8-12/h4-8,11,13H,3,9-10H2,1-2H3,(H,15,16). The fourth-order valence-corrected chi connectivity index (χ4v) is 2.81. The smallest absolute Gasteiger partial charge is 0.156 e.